The zero-order chi connectivity index (χ0) is 19.9. The van der Waals surface area contributed by atoms with Crippen molar-refractivity contribution in [3.8, 4) is 17.2 Å². The van der Waals surface area contributed by atoms with Gasteiger partial charge in [-0.3, -0.25) is 20.4 Å². The van der Waals surface area contributed by atoms with Crippen molar-refractivity contribution in [1.82, 2.24) is 10.9 Å². The first-order chi connectivity index (χ1) is 13.5. The molecule has 2 N–H and O–H groups in total. The van der Waals surface area contributed by atoms with E-state index in [0.29, 0.717) is 30.5 Å². The van der Waals surface area contributed by atoms with Crippen LogP contribution in [-0.2, 0) is 9.59 Å². The number of fused-ring (bicyclic) bond motifs is 1. The van der Waals surface area contributed by atoms with Gasteiger partial charge in [0.05, 0.1) is 5.75 Å². The Labute approximate surface area is 165 Å². The molecule has 1 aliphatic rings. The van der Waals surface area contributed by atoms with Crippen molar-refractivity contribution in [2.45, 2.75) is 17.9 Å². The summed E-state index contributed by atoms with van der Waals surface area (Å²) in [7, 11) is 0. The van der Waals surface area contributed by atoms with Gasteiger partial charge in [0.15, 0.2) is 17.6 Å². The quantitative estimate of drug-likeness (QED) is 0.566. The molecule has 148 valence electrons. The van der Waals surface area contributed by atoms with Crippen LogP contribution in [0.25, 0.3) is 0 Å². The fourth-order valence-electron chi connectivity index (χ4n) is 2.30. The van der Waals surface area contributed by atoms with Gasteiger partial charge >= 0.3 is 0 Å². The minimum absolute atomic E-state index is 0.104. The Balaban J connectivity index is 1.41. The van der Waals surface area contributed by atoms with E-state index >= 15 is 0 Å². The lowest BCUT2D eigenvalue weighted by Gasteiger charge is -2.18. The van der Waals surface area contributed by atoms with E-state index in [4.69, 9.17) is 14.2 Å². The number of ether oxygens (including phenoxy) is 3. The third-order valence-corrected chi connectivity index (χ3v) is 4.70. The second kappa shape index (κ2) is 9.32. The van der Waals surface area contributed by atoms with E-state index in [1.807, 2.05) is 12.1 Å². The molecule has 7 nitrogen and oxygen atoms in total. The van der Waals surface area contributed by atoms with E-state index in [1.165, 1.54) is 43.0 Å². The smallest absolute Gasteiger partial charge is 0.279 e. The summed E-state index contributed by atoms with van der Waals surface area (Å²) in [6.07, 6.45) is -0.865. The molecule has 0 radical (unpaired) electrons. The van der Waals surface area contributed by atoms with Crippen molar-refractivity contribution < 1.29 is 28.2 Å². The standard InChI is InChI=1S/C19H19FN2O5S/c1-12(27-14-4-2-13(20)3-5-14)19(24)22-21-18(23)11-28-15-6-7-16-17(10-15)26-9-8-25-16/h2-7,10,12H,8-9,11H2,1H3,(H,21,23)(H,22,24)/t12-/m0/s1. The third-order valence-electron chi connectivity index (χ3n) is 3.70. The molecule has 3 rings (SSSR count). The fraction of sp³-hybridized carbons (Fsp3) is 0.263. The van der Waals surface area contributed by atoms with Gasteiger partial charge in [0.2, 0.25) is 5.91 Å². The van der Waals surface area contributed by atoms with Gasteiger partial charge in [-0.15, -0.1) is 11.8 Å². The first kappa shape index (κ1) is 19.8. The molecule has 0 fully saturated rings. The second-order valence-corrected chi connectivity index (χ2v) is 6.89. The lowest BCUT2D eigenvalue weighted by molar-refractivity contribution is -0.131. The zero-order valence-electron chi connectivity index (χ0n) is 15.1. The van der Waals surface area contributed by atoms with Crippen molar-refractivity contribution >= 4 is 23.6 Å². The largest absolute Gasteiger partial charge is 0.486 e. The highest BCUT2D eigenvalue weighted by Crippen LogP contribution is 2.34. The van der Waals surface area contributed by atoms with Gasteiger partial charge in [0.25, 0.3) is 5.91 Å². The molecule has 2 aromatic carbocycles. The number of nitrogens with one attached hydrogen (secondary N) is 2. The van der Waals surface area contributed by atoms with Gasteiger partial charge in [0, 0.05) is 4.90 Å². The third kappa shape index (κ3) is 5.53. The van der Waals surface area contributed by atoms with Crippen LogP contribution in [0.5, 0.6) is 17.2 Å². The first-order valence-corrected chi connectivity index (χ1v) is 9.53. The van der Waals surface area contributed by atoms with Gasteiger partial charge in [-0.2, -0.15) is 0 Å². The van der Waals surface area contributed by atoms with Gasteiger partial charge in [-0.25, -0.2) is 4.39 Å². The Kier molecular flexibility index (Phi) is 6.59. The van der Waals surface area contributed by atoms with E-state index in [-0.39, 0.29) is 11.7 Å². The van der Waals surface area contributed by atoms with Gasteiger partial charge in [0.1, 0.15) is 24.8 Å². The molecule has 0 aliphatic carbocycles. The van der Waals surface area contributed by atoms with Crippen LogP contribution in [0.3, 0.4) is 0 Å². The van der Waals surface area contributed by atoms with Crippen LogP contribution in [0.15, 0.2) is 47.4 Å². The Morgan fingerprint density at radius 2 is 1.82 bits per heavy atom. The number of carbonyl (C=O) groups is 2. The van der Waals surface area contributed by atoms with Gasteiger partial charge in [-0.1, -0.05) is 0 Å². The summed E-state index contributed by atoms with van der Waals surface area (Å²) in [5.74, 6) is 0.493. The Morgan fingerprint density at radius 3 is 2.57 bits per heavy atom. The number of thioether (sulfide) groups is 1. The highest BCUT2D eigenvalue weighted by atomic mass is 32.2. The number of hydrogen-bond acceptors (Lipinski definition) is 6. The molecule has 0 saturated carbocycles. The molecule has 1 aliphatic heterocycles. The number of benzene rings is 2. The number of hydrogen-bond donors (Lipinski definition) is 2. The van der Waals surface area contributed by atoms with Crippen LogP contribution in [0.4, 0.5) is 4.39 Å². The number of carbonyl (C=O) groups excluding carboxylic acids is 2. The minimum Gasteiger partial charge on any atom is -0.486 e. The molecule has 2 aromatic rings. The van der Waals surface area contributed by atoms with E-state index in [1.54, 1.807) is 6.07 Å². The van der Waals surface area contributed by atoms with Crippen molar-refractivity contribution in [1.29, 1.82) is 0 Å². The van der Waals surface area contributed by atoms with Crippen LogP contribution < -0.4 is 25.1 Å². The van der Waals surface area contributed by atoms with Crippen molar-refractivity contribution in [3.63, 3.8) is 0 Å². The first-order valence-electron chi connectivity index (χ1n) is 8.54. The van der Waals surface area contributed by atoms with Crippen LogP contribution >= 0.6 is 11.8 Å². The summed E-state index contributed by atoms with van der Waals surface area (Å²) in [6.45, 7) is 2.53. The molecule has 28 heavy (non-hydrogen) atoms. The molecule has 2 amide bonds. The second-order valence-electron chi connectivity index (χ2n) is 5.85. The summed E-state index contributed by atoms with van der Waals surface area (Å²) in [5, 5.41) is 0. The number of rotatable bonds is 6. The summed E-state index contributed by atoms with van der Waals surface area (Å²) < 4.78 is 29.2. The zero-order valence-corrected chi connectivity index (χ0v) is 15.9. The SMILES string of the molecule is C[C@H](Oc1ccc(F)cc1)C(=O)NNC(=O)CSc1ccc2c(c1)OCCO2. The van der Waals surface area contributed by atoms with Crippen LogP contribution in [0.2, 0.25) is 0 Å². The molecule has 0 spiro atoms. The van der Waals surface area contributed by atoms with E-state index in [0.717, 1.165) is 4.90 Å². The Hall–Kier alpha value is -2.94. The van der Waals surface area contributed by atoms with Crippen LogP contribution in [0, 0.1) is 5.82 Å². The summed E-state index contributed by atoms with van der Waals surface area (Å²) in [4.78, 5) is 24.8. The van der Waals surface area contributed by atoms with E-state index < -0.39 is 17.8 Å². The highest BCUT2D eigenvalue weighted by Gasteiger charge is 2.16. The molecule has 1 heterocycles. The number of halogens is 1. The Morgan fingerprint density at radius 1 is 1.11 bits per heavy atom. The lowest BCUT2D eigenvalue weighted by Crippen LogP contribution is -2.47. The maximum Gasteiger partial charge on any atom is 0.279 e. The topological polar surface area (TPSA) is 85.9 Å². The van der Waals surface area contributed by atoms with Gasteiger partial charge < -0.3 is 14.2 Å². The molecule has 1 atom stereocenters. The molecular weight excluding hydrogens is 387 g/mol. The van der Waals surface area contributed by atoms with E-state index in [2.05, 4.69) is 10.9 Å². The normalized spacial score (nSPS) is 13.4. The van der Waals surface area contributed by atoms with Crippen molar-refractivity contribution in [3.05, 3.63) is 48.3 Å². The predicted octanol–water partition coefficient (Wildman–Crippen LogP) is 2.30. The van der Waals surface area contributed by atoms with Crippen molar-refractivity contribution in [2.75, 3.05) is 19.0 Å². The minimum atomic E-state index is -0.865. The average Bonchev–Trinajstić information content (AvgIpc) is 2.71. The molecule has 0 bridgehead atoms. The summed E-state index contributed by atoms with van der Waals surface area (Å²) in [5.41, 5.74) is 4.64. The van der Waals surface area contributed by atoms with Gasteiger partial charge in [-0.05, 0) is 49.4 Å². The summed E-state index contributed by atoms with van der Waals surface area (Å²) >= 11 is 1.30. The summed E-state index contributed by atoms with van der Waals surface area (Å²) in [6, 6.07) is 10.7. The van der Waals surface area contributed by atoms with E-state index in [9.17, 15) is 14.0 Å². The number of amides is 2. The monoisotopic (exact) mass is 406 g/mol. The maximum absolute atomic E-state index is 12.9. The highest BCUT2D eigenvalue weighted by molar-refractivity contribution is 8.00. The number of hydrazine groups is 1. The Bertz CT molecular complexity index is 847. The lowest BCUT2D eigenvalue weighted by atomic mass is 10.3. The molecule has 0 saturated heterocycles. The van der Waals surface area contributed by atoms with Crippen LogP contribution in [0.1, 0.15) is 6.92 Å². The average molecular weight is 406 g/mol. The molecule has 9 heteroatoms. The fourth-order valence-corrected chi connectivity index (χ4v) is 3.03. The molecule has 0 unspecified atom stereocenters. The van der Waals surface area contributed by atoms with Crippen molar-refractivity contribution in [2.24, 2.45) is 0 Å². The van der Waals surface area contributed by atoms with Crippen LogP contribution in [-0.4, -0.2) is 36.9 Å². The predicted molar refractivity (Wildman–Crippen MR) is 101 cm³/mol. The molecular formula is C19H19FN2O5S. The maximum atomic E-state index is 12.9. The molecule has 0 aromatic heterocycles.